The standard InChI is InChI=1S/C18H14N2O2/c1-13(21)15-7-9-17(10-8-15)20-18(22)16(12-19)11-14-5-3-2-4-6-14/h2-11H,1H3,(H,20,22)/b16-11+. The maximum Gasteiger partial charge on any atom is 0.266 e. The van der Waals surface area contributed by atoms with Gasteiger partial charge in [-0.3, -0.25) is 9.59 Å². The van der Waals surface area contributed by atoms with Crippen LogP contribution in [0.4, 0.5) is 5.69 Å². The molecule has 0 aromatic heterocycles. The van der Waals surface area contributed by atoms with E-state index in [1.165, 1.54) is 13.0 Å². The summed E-state index contributed by atoms with van der Waals surface area (Å²) in [4.78, 5) is 23.3. The minimum Gasteiger partial charge on any atom is -0.321 e. The second-order valence-electron chi connectivity index (χ2n) is 4.67. The smallest absolute Gasteiger partial charge is 0.266 e. The lowest BCUT2D eigenvalue weighted by Gasteiger charge is -2.05. The van der Waals surface area contributed by atoms with Crippen molar-refractivity contribution >= 4 is 23.5 Å². The third-order valence-electron chi connectivity index (χ3n) is 3.02. The first-order valence-corrected chi connectivity index (χ1v) is 6.69. The van der Waals surface area contributed by atoms with Gasteiger partial charge in [-0.1, -0.05) is 30.3 Å². The first-order valence-electron chi connectivity index (χ1n) is 6.69. The molecule has 2 aromatic rings. The first kappa shape index (κ1) is 15.2. The number of amides is 1. The van der Waals surface area contributed by atoms with Crippen molar-refractivity contribution in [1.29, 1.82) is 5.26 Å². The van der Waals surface area contributed by atoms with Crippen molar-refractivity contribution in [3.63, 3.8) is 0 Å². The predicted octanol–water partition coefficient (Wildman–Crippen LogP) is 3.43. The zero-order chi connectivity index (χ0) is 15.9. The van der Waals surface area contributed by atoms with E-state index < -0.39 is 5.91 Å². The molecule has 1 amide bonds. The molecular weight excluding hydrogens is 276 g/mol. The summed E-state index contributed by atoms with van der Waals surface area (Å²) in [6.07, 6.45) is 1.53. The van der Waals surface area contributed by atoms with Crippen LogP contribution in [0.15, 0.2) is 60.2 Å². The fourth-order valence-electron chi connectivity index (χ4n) is 1.85. The van der Waals surface area contributed by atoms with E-state index in [1.54, 1.807) is 24.3 Å². The van der Waals surface area contributed by atoms with E-state index >= 15 is 0 Å². The van der Waals surface area contributed by atoms with Crippen LogP contribution >= 0.6 is 0 Å². The van der Waals surface area contributed by atoms with Crippen LogP contribution in [-0.4, -0.2) is 11.7 Å². The quantitative estimate of drug-likeness (QED) is 0.532. The maximum absolute atomic E-state index is 12.1. The van der Waals surface area contributed by atoms with Crippen LogP contribution in [-0.2, 0) is 4.79 Å². The molecule has 4 heteroatoms. The summed E-state index contributed by atoms with van der Waals surface area (Å²) >= 11 is 0. The number of carbonyl (C=O) groups is 2. The molecule has 0 aliphatic carbocycles. The van der Waals surface area contributed by atoms with Crippen molar-refractivity contribution < 1.29 is 9.59 Å². The van der Waals surface area contributed by atoms with Crippen molar-refractivity contribution in [1.82, 2.24) is 0 Å². The molecule has 2 rings (SSSR count). The molecule has 0 aliphatic rings. The third-order valence-corrected chi connectivity index (χ3v) is 3.02. The number of nitrogens with one attached hydrogen (secondary N) is 1. The van der Waals surface area contributed by atoms with Crippen LogP contribution in [0.3, 0.4) is 0 Å². The molecule has 0 bridgehead atoms. The molecule has 2 aromatic carbocycles. The van der Waals surface area contributed by atoms with E-state index in [0.29, 0.717) is 11.3 Å². The van der Waals surface area contributed by atoms with Crippen molar-refractivity contribution in [3.8, 4) is 6.07 Å². The first-order chi connectivity index (χ1) is 10.6. The van der Waals surface area contributed by atoms with Gasteiger partial charge >= 0.3 is 0 Å². The maximum atomic E-state index is 12.1. The van der Waals surface area contributed by atoms with Crippen LogP contribution in [0.1, 0.15) is 22.8 Å². The normalized spacial score (nSPS) is 10.6. The summed E-state index contributed by atoms with van der Waals surface area (Å²) in [6.45, 7) is 1.48. The van der Waals surface area contributed by atoms with Gasteiger partial charge in [0, 0.05) is 11.3 Å². The van der Waals surface area contributed by atoms with Crippen molar-refractivity contribution in [2.24, 2.45) is 0 Å². The molecule has 0 aliphatic heterocycles. The highest BCUT2D eigenvalue weighted by Gasteiger charge is 2.09. The SMILES string of the molecule is CC(=O)c1ccc(NC(=O)/C(C#N)=C/c2ccccc2)cc1. The van der Waals surface area contributed by atoms with E-state index in [4.69, 9.17) is 5.26 Å². The number of anilines is 1. The molecule has 22 heavy (non-hydrogen) atoms. The van der Waals surface area contributed by atoms with Gasteiger partial charge < -0.3 is 5.32 Å². The average molecular weight is 290 g/mol. The van der Waals surface area contributed by atoms with E-state index in [0.717, 1.165) is 5.56 Å². The van der Waals surface area contributed by atoms with E-state index in [-0.39, 0.29) is 11.4 Å². The van der Waals surface area contributed by atoms with Gasteiger partial charge in [-0.15, -0.1) is 0 Å². The second kappa shape index (κ2) is 7.00. The second-order valence-corrected chi connectivity index (χ2v) is 4.67. The van der Waals surface area contributed by atoms with Gasteiger partial charge in [0.05, 0.1) is 0 Å². The summed E-state index contributed by atoms with van der Waals surface area (Å²) in [5.41, 5.74) is 1.89. The lowest BCUT2D eigenvalue weighted by Crippen LogP contribution is -2.13. The summed E-state index contributed by atoms with van der Waals surface area (Å²) in [5, 5.41) is 11.8. The number of nitriles is 1. The Morgan fingerprint density at radius 3 is 2.23 bits per heavy atom. The Balaban J connectivity index is 2.15. The third kappa shape index (κ3) is 3.90. The Hall–Kier alpha value is -3.19. The molecule has 0 saturated heterocycles. The minimum atomic E-state index is -0.484. The fourth-order valence-corrected chi connectivity index (χ4v) is 1.85. The van der Waals surface area contributed by atoms with Crippen LogP contribution in [0.25, 0.3) is 6.08 Å². The summed E-state index contributed by atoms with van der Waals surface area (Å²) in [5.74, 6) is -0.526. The van der Waals surface area contributed by atoms with Crippen LogP contribution in [0, 0.1) is 11.3 Å². The number of hydrogen-bond donors (Lipinski definition) is 1. The zero-order valence-corrected chi connectivity index (χ0v) is 12.0. The molecule has 0 unspecified atom stereocenters. The van der Waals surface area contributed by atoms with Gasteiger partial charge in [0.2, 0.25) is 0 Å². The number of hydrogen-bond acceptors (Lipinski definition) is 3. The highest BCUT2D eigenvalue weighted by molar-refractivity contribution is 6.09. The molecule has 4 nitrogen and oxygen atoms in total. The Bertz CT molecular complexity index is 754. The molecule has 1 N–H and O–H groups in total. The fraction of sp³-hybridized carbons (Fsp3) is 0.0556. The van der Waals surface area contributed by atoms with Crippen molar-refractivity contribution in [2.75, 3.05) is 5.32 Å². The van der Waals surface area contributed by atoms with E-state index in [1.807, 2.05) is 36.4 Å². The molecule has 0 spiro atoms. The Labute approximate surface area is 128 Å². The van der Waals surface area contributed by atoms with Gasteiger partial charge in [0.25, 0.3) is 5.91 Å². The summed E-state index contributed by atoms with van der Waals surface area (Å²) in [6, 6.07) is 17.6. The highest BCUT2D eigenvalue weighted by Crippen LogP contribution is 2.13. The lowest BCUT2D eigenvalue weighted by molar-refractivity contribution is -0.112. The van der Waals surface area contributed by atoms with Crippen LogP contribution < -0.4 is 5.32 Å². The van der Waals surface area contributed by atoms with Crippen LogP contribution in [0.2, 0.25) is 0 Å². The number of rotatable bonds is 4. The summed E-state index contributed by atoms with van der Waals surface area (Å²) in [7, 11) is 0. The lowest BCUT2D eigenvalue weighted by atomic mass is 10.1. The van der Waals surface area contributed by atoms with E-state index in [9.17, 15) is 9.59 Å². The number of carbonyl (C=O) groups excluding carboxylic acids is 2. The molecule has 108 valence electrons. The Kier molecular flexibility index (Phi) is 4.84. The van der Waals surface area contributed by atoms with Gasteiger partial charge in [-0.05, 0) is 42.8 Å². The zero-order valence-electron chi connectivity index (χ0n) is 12.0. The Morgan fingerprint density at radius 2 is 1.68 bits per heavy atom. The highest BCUT2D eigenvalue weighted by atomic mass is 16.1. The number of nitrogens with zero attached hydrogens (tertiary/aromatic N) is 1. The van der Waals surface area contributed by atoms with Gasteiger partial charge in [-0.25, -0.2) is 0 Å². The molecule has 0 radical (unpaired) electrons. The molecular formula is C18H14N2O2. The predicted molar refractivity (Wildman–Crippen MR) is 85.1 cm³/mol. The molecule has 0 heterocycles. The van der Waals surface area contributed by atoms with Gasteiger partial charge in [0.1, 0.15) is 11.6 Å². The molecule has 0 saturated carbocycles. The average Bonchev–Trinajstić information content (AvgIpc) is 2.54. The Morgan fingerprint density at radius 1 is 1.05 bits per heavy atom. The van der Waals surface area contributed by atoms with Crippen molar-refractivity contribution in [2.45, 2.75) is 6.92 Å². The number of benzene rings is 2. The number of Topliss-reactive ketones (excluding diaryl/α,β-unsaturated/α-hetero) is 1. The largest absolute Gasteiger partial charge is 0.321 e. The molecule has 0 fully saturated rings. The number of ketones is 1. The molecule has 0 atom stereocenters. The van der Waals surface area contributed by atoms with Gasteiger partial charge in [-0.2, -0.15) is 5.26 Å². The van der Waals surface area contributed by atoms with E-state index in [2.05, 4.69) is 5.32 Å². The van der Waals surface area contributed by atoms with Gasteiger partial charge in [0.15, 0.2) is 5.78 Å². The van der Waals surface area contributed by atoms with Crippen LogP contribution in [0.5, 0.6) is 0 Å². The van der Waals surface area contributed by atoms with Crippen molar-refractivity contribution in [3.05, 3.63) is 71.3 Å². The monoisotopic (exact) mass is 290 g/mol. The minimum absolute atomic E-state index is 0.0156. The summed E-state index contributed by atoms with van der Waals surface area (Å²) < 4.78 is 0. The topological polar surface area (TPSA) is 70.0 Å².